The molecular weight excluding hydrogens is 238 g/mol. The van der Waals surface area contributed by atoms with Crippen LogP contribution in [0.4, 0.5) is 0 Å². The summed E-state index contributed by atoms with van der Waals surface area (Å²) in [6.45, 7) is 1.94. The summed E-state index contributed by atoms with van der Waals surface area (Å²) < 4.78 is 2.06. The van der Waals surface area contributed by atoms with Gasteiger partial charge in [0, 0.05) is 18.8 Å². The third-order valence-electron chi connectivity index (χ3n) is 3.18. The smallest absolute Gasteiger partial charge is 0.120 e. The zero-order valence-corrected chi connectivity index (χ0v) is 10.8. The molecule has 0 fully saturated rings. The molecule has 0 saturated carbocycles. The first-order chi connectivity index (χ1) is 9.26. The summed E-state index contributed by atoms with van der Waals surface area (Å²) >= 11 is 0. The number of benzene rings is 1. The minimum absolute atomic E-state index is 0.0837. The van der Waals surface area contributed by atoms with Crippen LogP contribution in [0.25, 0.3) is 0 Å². The molecule has 1 aromatic carbocycles. The number of rotatable bonds is 5. The van der Waals surface area contributed by atoms with Gasteiger partial charge in [0.05, 0.1) is 17.7 Å². The summed E-state index contributed by atoms with van der Waals surface area (Å²) in [6, 6.07) is 9.67. The van der Waals surface area contributed by atoms with Gasteiger partial charge in [-0.2, -0.15) is 5.26 Å². The van der Waals surface area contributed by atoms with Gasteiger partial charge in [0.1, 0.15) is 12.1 Å². The first-order valence-electron chi connectivity index (χ1n) is 6.19. The maximum atomic E-state index is 10.6. The van der Waals surface area contributed by atoms with Crippen LogP contribution in [0, 0.1) is 18.3 Å². The quantitative estimate of drug-likeness (QED) is 0.770. The molecule has 19 heavy (non-hydrogen) atoms. The SMILES string of the molecule is Cc1nccn1C(CCC=O)c1ccc(C#N)cc1. The molecule has 0 aliphatic rings. The number of aldehydes is 1. The largest absolute Gasteiger partial charge is 0.328 e. The van der Waals surface area contributed by atoms with Crippen molar-refractivity contribution in [3.05, 3.63) is 53.6 Å². The van der Waals surface area contributed by atoms with E-state index in [0.29, 0.717) is 12.0 Å². The van der Waals surface area contributed by atoms with Crippen molar-refractivity contribution in [2.24, 2.45) is 0 Å². The highest BCUT2D eigenvalue weighted by Crippen LogP contribution is 2.24. The summed E-state index contributed by atoms with van der Waals surface area (Å²) in [7, 11) is 0. The highest BCUT2D eigenvalue weighted by molar-refractivity contribution is 5.49. The highest BCUT2D eigenvalue weighted by atomic mass is 16.1. The molecule has 0 bridgehead atoms. The molecule has 4 nitrogen and oxygen atoms in total. The Bertz CT molecular complexity index is 593. The van der Waals surface area contributed by atoms with Crippen molar-refractivity contribution in [3.8, 4) is 6.07 Å². The Hall–Kier alpha value is -2.41. The second-order valence-electron chi connectivity index (χ2n) is 4.38. The van der Waals surface area contributed by atoms with Gasteiger partial charge in [0.25, 0.3) is 0 Å². The van der Waals surface area contributed by atoms with Gasteiger partial charge in [-0.1, -0.05) is 12.1 Å². The standard InChI is InChI=1S/C15H15N3O/c1-12-17-8-9-18(12)15(3-2-10-19)14-6-4-13(11-16)5-7-14/h4-10,15H,2-3H2,1H3. The average Bonchev–Trinajstić information content (AvgIpc) is 2.86. The van der Waals surface area contributed by atoms with E-state index in [1.165, 1.54) is 0 Å². The molecule has 0 spiro atoms. The van der Waals surface area contributed by atoms with E-state index in [-0.39, 0.29) is 6.04 Å². The van der Waals surface area contributed by atoms with E-state index in [4.69, 9.17) is 5.26 Å². The van der Waals surface area contributed by atoms with E-state index in [1.54, 1.807) is 18.3 Å². The second-order valence-corrected chi connectivity index (χ2v) is 4.38. The van der Waals surface area contributed by atoms with Crippen molar-refractivity contribution in [1.82, 2.24) is 9.55 Å². The highest BCUT2D eigenvalue weighted by Gasteiger charge is 2.14. The van der Waals surface area contributed by atoms with Gasteiger partial charge in [-0.25, -0.2) is 4.98 Å². The lowest BCUT2D eigenvalue weighted by atomic mass is 10.0. The number of aryl methyl sites for hydroxylation is 1. The van der Waals surface area contributed by atoms with Crippen molar-refractivity contribution in [3.63, 3.8) is 0 Å². The van der Waals surface area contributed by atoms with Crippen LogP contribution in [0.5, 0.6) is 0 Å². The van der Waals surface area contributed by atoms with Crippen molar-refractivity contribution in [2.45, 2.75) is 25.8 Å². The summed E-state index contributed by atoms with van der Waals surface area (Å²) in [5.74, 6) is 0.917. The van der Waals surface area contributed by atoms with Gasteiger partial charge in [-0.15, -0.1) is 0 Å². The Kier molecular flexibility index (Phi) is 4.09. The van der Waals surface area contributed by atoms with Gasteiger partial charge in [-0.3, -0.25) is 0 Å². The van der Waals surface area contributed by atoms with E-state index in [2.05, 4.69) is 15.6 Å². The summed E-state index contributed by atoms with van der Waals surface area (Å²) in [5.41, 5.74) is 1.72. The predicted octanol–water partition coefficient (Wildman–Crippen LogP) is 2.63. The summed E-state index contributed by atoms with van der Waals surface area (Å²) in [4.78, 5) is 14.9. The van der Waals surface area contributed by atoms with Gasteiger partial charge in [0.15, 0.2) is 0 Å². The average molecular weight is 253 g/mol. The number of hydrogen-bond acceptors (Lipinski definition) is 3. The molecule has 2 aromatic rings. The van der Waals surface area contributed by atoms with Crippen LogP contribution in [0.15, 0.2) is 36.7 Å². The predicted molar refractivity (Wildman–Crippen MR) is 71.6 cm³/mol. The maximum Gasteiger partial charge on any atom is 0.120 e. The zero-order valence-electron chi connectivity index (χ0n) is 10.8. The van der Waals surface area contributed by atoms with Crippen molar-refractivity contribution in [1.29, 1.82) is 5.26 Å². The molecule has 0 N–H and O–H groups in total. The Morgan fingerprint density at radius 3 is 2.68 bits per heavy atom. The van der Waals surface area contributed by atoms with Crippen molar-refractivity contribution >= 4 is 6.29 Å². The lowest BCUT2D eigenvalue weighted by Gasteiger charge is -2.19. The van der Waals surface area contributed by atoms with E-state index >= 15 is 0 Å². The fraction of sp³-hybridized carbons (Fsp3) is 0.267. The number of carbonyl (C=O) groups excluding carboxylic acids is 1. The molecule has 1 heterocycles. The third kappa shape index (κ3) is 2.89. The monoisotopic (exact) mass is 253 g/mol. The molecule has 0 saturated heterocycles. The number of imidazole rings is 1. The Balaban J connectivity index is 2.34. The number of hydrogen-bond donors (Lipinski definition) is 0. The minimum Gasteiger partial charge on any atom is -0.328 e. The number of carbonyl (C=O) groups is 1. The van der Waals surface area contributed by atoms with Gasteiger partial charge < -0.3 is 9.36 Å². The van der Waals surface area contributed by atoms with Crippen LogP contribution in [0.3, 0.4) is 0 Å². The molecule has 4 heteroatoms. The normalized spacial score (nSPS) is 11.8. The maximum absolute atomic E-state index is 10.6. The lowest BCUT2D eigenvalue weighted by Crippen LogP contribution is -2.12. The van der Waals surface area contributed by atoms with E-state index in [0.717, 1.165) is 24.1 Å². The van der Waals surface area contributed by atoms with Crippen LogP contribution in [0.1, 0.15) is 35.8 Å². The lowest BCUT2D eigenvalue weighted by molar-refractivity contribution is -0.108. The summed E-state index contributed by atoms with van der Waals surface area (Å²) in [5, 5.41) is 8.83. The van der Waals surface area contributed by atoms with Gasteiger partial charge in [-0.05, 0) is 31.0 Å². The van der Waals surface area contributed by atoms with E-state index in [9.17, 15) is 4.79 Å². The second kappa shape index (κ2) is 5.96. The molecule has 96 valence electrons. The molecule has 0 aliphatic heterocycles. The van der Waals surface area contributed by atoms with Crippen LogP contribution < -0.4 is 0 Å². The fourth-order valence-corrected chi connectivity index (χ4v) is 2.19. The van der Waals surface area contributed by atoms with Crippen LogP contribution in [-0.2, 0) is 4.79 Å². The Morgan fingerprint density at radius 2 is 2.16 bits per heavy atom. The van der Waals surface area contributed by atoms with Gasteiger partial charge >= 0.3 is 0 Å². The zero-order chi connectivity index (χ0) is 13.7. The van der Waals surface area contributed by atoms with Crippen LogP contribution >= 0.6 is 0 Å². The molecule has 1 unspecified atom stereocenters. The van der Waals surface area contributed by atoms with Crippen molar-refractivity contribution < 1.29 is 4.79 Å². The first-order valence-corrected chi connectivity index (χ1v) is 6.19. The molecule has 0 amide bonds. The minimum atomic E-state index is 0.0837. The Morgan fingerprint density at radius 1 is 1.42 bits per heavy atom. The molecule has 2 rings (SSSR count). The fourth-order valence-electron chi connectivity index (χ4n) is 2.19. The number of nitrogens with zero attached hydrogens (tertiary/aromatic N) is 3. The molecular formula is C15H15N3O. The number of nitriles is 1. The topological polar surface area (TPSA) is 58.7 Å². The van der Waals surface area contributed by atoms with Crippen molar-refractivity contribution in [2.75, 3.05) is 0 Å². The molecule has 0 radical (unpaired) electrons. The van der Waals surface area contributed by atoms with E-state index in [1.807, 2.05) is 25.3 Å². The number of aromatic nitrogens is 2. The molecule has 1 atom stereocenters. The third-order valence-corrected chi connectivity index (χ3v) is 3.18. The van der Waals surface area contributed by atoms with Gasteiger partial charge in [0.2, 0.25) is 0 Å². The molecule has 0 aliphatic carbocycles. The molecule has 1 aromatic heterocycles. The Labute approximate surface area is 112 Å². The first kappa shape index (κ1) is 13.0. The van der Waals surface area contributed by atoms with E-state index < -0.39 is 0 Å². The summed E-state index contributed by atoms with van der Waals surface area (Å²) in [6.07, 6.45) is 5.84. The van der Waals surface area contributed by atoms with Crippen LogP contribution in [-0.4, -0.2) is 15.8 Å². The van der Waals surface area contributed by atoms with Crippen LogP contribution in [0.2, 0.25) is 0 Å².